The van der Waals surface area contributed by atoms with Gasteiger partial charge in [0.15, 0.2) is 17.2 Å². The largest absolute Gasteiger partial charge is 0.490 e. The van der Waals surface area contributed by atoms with Gasteiger partial charge in [0.05, 0.1) is 32.3 Å². The van der Waals surface area contributed by atoms with E-state index in [1.165, 1.54) is 18.2 Å². The standard InChI is InChI=1S/C20H16ClIN2O6/c1-3-28-17-9-11(7-15(22)18(17)29-4-2)8-16-20(25)30-19(23-16)13-10-12(24(26)27)5-6-14(13)21/h5-10H,3-4H2,1-2H3/b16-8-. The summed E-state index contributed by atoms with van der Waals surface area (Å²) in [5.41, 5.74) is 0.676. The molecule has 0 bridgehead atoms. The van der Waals surface area contributed by atoms with E-state index in [0.29, 0.717) is 30.3 Å². The lowest BCUT2D eigenvalue weighted by atomic mass is 10.1. The molecule has 1 aliphatic heterocycles. The van der Waals surface area contributed by atoms with Gasteiger partial charge in [0.1, 0.15) is 0 Å². The van der Waals surface area contributed by atoms with E-state index in [1.807, 2.05) is 19.9 Å². The van der Waals surface area contributed by atoms with Gasteiger partial charge in [0, 0.05) is 12.1 Å². The van der Waals surface area contributed by atoms with Gasteiger partial charge in [-0.3, -0.25) is 10.1 Å². The van der Waals surface area contributed by atoms with Crippen molar-refractivity contribution in [2.45, 2.75) is 13.8 Å². The summed E-state index contributed by atoms with van der Waals surface area (Å²) in [5, 5.41) is 11.2. The number of esters is 1. The molecule has 1 heterocycles. The lowest BCUT2D eigenvalue weighted by Crippen LogP contribution is -2.06. The van der Waals surface area contributed by atoms with Gasteiger partial charge in [-0.1, -0.05) is 11.6 Å². The van der Waals surface area contributed by atoms with Crippen LogP contribution in [-0.4, -0.2) is 30.0 Å². The van der Waals surface area contributed by atoms with Gasteiger partial charge in [-0.2, -0.15) is 0 Å². The highest BCUT2D eigenvalue weighted by atomic mass is 127. The van der Waals surface area contributed by atoms with Crippen LogP contribution in [0.5, 0.6) is 11.5 Å². The molecule has 0 amide bonds. The van der Waals surface area contributed by atoms with Crippen LogP contribution < -0.4 is 9.47 Å². The topological polar surface area (TPSA) is 100 Å². The number of carbonyl (C=O) groups is 1. The van der Waals surface area contributed by atoms with Crippen molar-refractivity contribution in [3.8, 4) is 11.5 Å². The Balaban J connectivity index is 2.01. The molecule has 3 rings (SSSR count). The zero-order valence-electron chi connectivity index (χ0n) is 16.0. The van der Waals surface area contributed by atoms with E-state index in [0.717, 1.165) is 3.57 Å². The average molecular weight is 543 g/mol. The van der Waals surface area contributed by atoms with E-state index in [-0.39, 0.29) is 27.9 Å². The molecule has 30 heavy (non-hydrogen) atoms. The molecular weight excluding hydrogens is 527 g/mol. The van der Waals surface area contributed by atoms with Crippen LogP contribution in [0.4, 0.5) is 5.69 Å². The van der Waals surface area contributed by atoms with E-state index in [4.69, 9.17) is 25.8 Å². The van der Waals surface area contributed by atoms with Crippen LogP contribution in [0.3, 0.4) is 0 Å². The fraction of sp³-hybridized carbons (Fsp3) is 0.200. The molecule has 8 nitrogen and oxygen atoms in total. The number of carbonyl (C=O) groups excluding carboxylic acids is 1. The number of hydrogen-bond donors (Lipinski definition) is 0. The summed E-state index contributed by atoms with van der Waals surface area (Å²) in [4.78, 5) is 27.0. The second-order valence-corrected chi connectivity index (χ2v) is 7.52. The van der Waals surface area contributed by atoms with Gasteiger partial charge in [0.2, 0.25) is 5.90 Å². The van der Waals surface area contributed by atoms with Gasteiger partial charge >= 0.3 is 5.97 Å². The quantitative estimate of drug-likeness (QED) is 0.161. The number of nitro groups is 1. The Kier molecular flexibility index (Phi) is 6.93. The van der Waals surface area contributed by atoms with Crippen molar-refractivity contribution >= 4 is 57.8 Å². The summed E-state index contributed by atoms with van der Waals surface area (Å²) in [6.45, 7) is 4.68. The van der Waals surface area contributed by atoms with Crippen molar-refractivity contribution in [1.82, 2.24) is 0 Å². The molecule has 0 unspecified atom stereocenters. The number of non-ortho nitro benzene ring substituents is 1. The molecule has 1 aliphatic rings. The number of benzene rings is 2. The molecule has 10 heteroatoms. The maximum Gasteiger partial charge on any atom is 0.363 e. The minimum Gasteiger partial charge on any atom is -0.490 e. The molecule has 0 aromatic heterocycles. The molecule has 0 saturated heterocycles. The molecule has 0 radical (unpaired) electrons. The average Bonchev–Trinajstić information content (AvgIpc) is 3.05. The van der Waals surface area contributed by atoms with Gasteiger partial charge in [-0.05, 0) is 66.3 Å². The minimum atomic E-state index is -0.686. The Morgan fingerprint density at radius 1 is 1.23 bits per heavy atom. The molecule has 0 spiro atoms. The zero-order valence-corrected chi connectivity index (χ0v) is 18.9. The fourth-order valence-electron chi connectivity index (χ4n) is 2.69. The van der Waals surface area contributed by atoms with E-state index < -0.39 is 10.9 Å². The first kappa shape index (κ1) is 22.0. The Morgan fingerprint density at radius 3 is 2.63 bits per heavy atom. The van der Waals surface area contributed by atoms with Gasteiger partial charge in [0.25, 0.3) is 5.69 Å². The second-order valence-electron chi connectivity index (χ2n) is 5.95. The fourth-order valence-corrected chi connectivity index (χ4v) is 3.67. The zero-order chi connectivity index (χ0) is 21.8. The van der Waals surface area contributed by atoms with E-state index >= 15 is 0 Å². The van der Waals surface area contributed by atoms with Crippen LogP contribution in [0, 0.1) is 13.7 Å². The first-order chi connectivity index (χ1) is 14.3. The molecule has 2 aromatic rings. The maximum absolute atomic E-state index is 12.3. The summed E-state index contributed by atoms with van der Waals surface area (Å²) >= 11 is 8.24. The molecule has 2 aromatic carbocycles. The molecule has 0 saturated carbocycles. The molecule has 0 fully saturated rings. The predicted octanol–water partition coefficient (Wildman–Crippen LogP) is 4.99. The lowest BCUT2D eigenvalue weighted by Gasteiger charge is -2.13. The normalized spacial score (nSPS) is 14.5. The third-order valence-electron chi connectivity index (χ3n) is 3.94. The number of nitrogens with zero attached hydrogens (tertiary/aromatic N) is 2. The van der Waals surface area contributed by atoms with Crippen LogP contribution >= 0.6 is 34.2 Å². The first-order valence-corrected chi connectivity index (χ1v) is 10.4. The summed E-state index contributed by atoms with van der Waals surface area (Å²) in [6, 6.07) is 7.39. The summed E-state index contributed by atoms with van der Waals surface area (Å²) in [7, 11) is 0. The highest BCUT2D eigenvalue weighted by Gasteiger charge is 2.27. The van der Waals surface area contributed by atoms with Gasteiger partial charge < -0.3 is 14.2 Å². The molecule has 0 atom stereocenters. The number of nitro benzene ring substituents is 1. The Bertz CT molecular complexity index is 1080. The van der Waals surface area contributed by atoms with Crippen molar-refractivity contribution in [2.24, 2.45) is 4.99 Å². The van der Waals surface area contributed by atoms with Gasteiger partial charge in [-0.25, -0.2) is 9.79 Å². The van der Waals surface area contributed by atoms with Crippen molar-refractivity contribution in [2.75, 3.05) is 13.2 Å². The number of rotatable bonds is 7. The molecule has 156 valence electrons. The summed E-state index contributed by atoms with van der Waals surface area (Å²) in [5.74, 6) is 0.402. The minimum absolute atomic E-state index is 0.0370. The predicted molar refractivity (Wildman–Crippen MR) is 120 cm³/mol. The molecule has 0 aliphatic carbocycles. The highest BCUT2D eigenvalue weighted by molar-refractivity contribution is 14.1. The van der Waals surface area contributed by atoms with Crippen LogP contribution in [0.15, 0.2) is 41.0 Å². The number of hydrogen-bond acceptors (Lipinski definition) is 7. The van der Waals surface area contributed by atoms with Crippen molar-refractivity contribution < 1.29 is 23.9 Å². The van der Waals surface area contributed by atoms with Crippen LogP contribution in [0.1, 0.15) is 25.0 Å². The lowest BCUT2D eigenvalue weighted by molar-refractivity contribution is -0.384. The first-order valence-electron chi connectivity index (χ1n) is 8.90. The monoisotopic (exact) mass is 542 g/mol. The molecule has 0 N–H and O–H groups in total. The summed E-state index contributed by atoms with van der Waals surface area (Å²) in [6.07, 6.45) is 1.54. The van der Waals surface area contributed by atoms with Crippen LogP contribution in [0.2, 0.25) is 5.02 Å². The maximum atomic E-state index is 12.3. The van der Waals surface area contributed by atoms with Crippen molar-refractivity contribution in [3.05, 3.63) is 65.9 Å². The smallest absolute Gasteiger partial charge is 0.363 e. The third-order valence-corrected chi connectivity index (χ3v) is 5.07. The van der Waals surface area contributed by atoms with Gasteiger partial charge in [-0.15, -0.1) is 0 Å². The van der Waals surface area contributed by atoms with E-state index in [1.54, 1.807) is 12.1 Å². The Labute approximate surface area is 190 Å². The van der Waals surface area contributed by atoms with Crippen molar-refractivity contribution in [1.29, 1.82) is 0 Å². The second kappa shape index (κ2) is 9.43. The number of aliphatic imine (C=N–C) groups is 1. The summed E-state index contributed by atoms with van der Waals surface area (Å²) < 4.78 is 17.3. The molecular formula is C20H16ClIN2O6. The van der Waals surface area contributed by atoms with Crippen molar-refractivity contribution in [3.63, 3.8) is 0 Å². The number of halogens is 2. The van der Waals surface area contributed by atoms with E-state index in [2.05, 4.69) is 27.6 Å². The van der Waals surface area contributed by atoms with E-state index in [9.17, 15) is 14.9 Å². The Morgan fingerprint density at radius 2 is 1.97 bits per heavy atom. The third kappa shape index (κ3) is 4.73. The number of ether oxygens (including phenoxy) is 3. The van der Waals surface area contributed by atoms with Crippen LogP contribution in [0.25, 0.3) is 6.08 Å². The number of cyclic esters (lactones) is 1. The SMILES string of the molecule is CCOc1cc(/C=C2\N=C(c3cc([N+](=O)[O-])ccc3Cl)OC2=O)cc(I)c1OCC. The Hall–Kier alpha value is -2.66. The highest BCUT2D eigenvalue weighted by Crippen LogP contribution is 2.35. The van der Waals surface area contributed by atoms with Crippen LogP contribution in [-0.2, 0) is 9.53 Å².